The van der Waals surface area contributed by atoms with Gasteiger partial charge in [0.15, 0.2) is 5.78 Å². The molecule has 4 nitrogen and oxygen atoms in total. The van der Waals surface area contributed by atoms with E-state index in [1.807, 2.05) is 0 Å². The van der Waals surface area contributed by atoms with Gasteiger partial charge in [0.2, 0.25) is 0 Å². The predicted octanol–water partition coefficient (Wildman–Crippen LogP) is 4.09. The van der Waals surface area contributed by atoms with Gasteiger partial charge in [-0.25, -0.2) is 4.39 Å². The molecule has 0 aliphatic carbocycles. The van der Waals surface area contributed by atoms with E-state index in [-0.39, 0.29) is 28.4 Å². The number of rotatable bonds is 5. The molecule has 0 atom stereocenters. The Morgan fingerprint density at radius 1 is 1.00 bits per heavy atom. The SMILES string of the molecule is CC(=O)/C=C\C(C(=O)Nc1ccccc1O)=C(/C)c1ccccc1F. The average Bonchev–Trinajstić information content (AvgIpc) is 2.57. The third kappa shape index (κ3) is 4.64. The summed E-state index contributed by atoms with van der Waals surface area (Å²) in [6.45, 7) is 2.95. The molecule has 2 aromatic rings. The number of carbonyl (C=O) groups excluding carboxylic acids is 2. The molecule has 2 rings (SSSR count). The van der Waals surface area contributed by atoms with Crippen molar-refractivity contribution in [3.63, 3.8) is 0 Å². The number of benzene rings is 2. The number of para-hydroxylation sites is 2. The fourth-order valence-electron chi connectivity index (χ4n) is 2.25. The minimum atomic E-state index is -0.556. The zero-order valence-electron chi connectivity index (χ0n) is 13.9. The van der Waals surface area contributed by atoms with E-state index in [2.05, 4.69) is 5.32 Å². The second kappa shape index (κ2) is 8.06. The first-order chi connectivity index (χ1) is 11.9. The second-order valence-corrected chi connectivity index (χ2v) is 5.43. The second-order valence-electron chi connectivity index (χ2n) is 5.43. The first kappa shape index (κ1) is 18.1. The fraction of sp³-hybridized carbons (Fsp3) is 0.100. The van der Waals surface area contributed by atoms with Gasteiger partial charge in [0.25, 0.3) is 5.91 Å². The number of amides is 1. The Morgan fingerprint density at radius 3 is 2.28 bits per heavy atom. The summed E-state index contributed by atoms with van der Waals surface area (Å²) in [6.07, 6.45) is 2.59. The fourth-order valence-corrected chi connectivity index (χ4v) is 2.25. The molecule has 0 bridgehead atoms. The van der Waals surface area contributed by atoms with E-state index in [4.69, 9.17) is 0 Å². The number of carbonyl (C=O) groups is 2. The monoisotopic (exact) mass is 339 g/mol. The zero-order valence-corrected chi connectivity index (χ0v) is 13.9. The van der Waals surface area contributed by atoms with Crippen molar-refractivity contribution >= 4 is 23.0 Å². The third-order valence-electron chi connectivity index (χ3n) is 3.56. The highest BCUT2D eigenvalue weighted by Gasteiger charge is 2.15. The van der Waals surface area contributed by atoms with Gasteiger partial charge in [-0.3, -0.25) is 9.59 Å². The van der Waals surface area contributed by atoms with E-state index in [1.165, 1.54) is 37.3 Å². The van der Waals surface area contributed by atoms with Crippen molar-refractivity contribution in [3.05, 3.63) is 77.6 Å². The molecular weight excluding hydrogens is 321 g/mol. The summed E-state index contributed by atoms with van der Waals surface area (Å²) in [5.41, 5.74) is 0.993. The van der Waals surface area contributed by atoms with Crippen molar-refractivity contribution in [3.8, 4) is 5.75 Å². The highest BCUT2D eigenvalue weighted by Crippen LogP contribution is 2.26. The Balaban J connectivity index is 2.47. The number of phenols is 1. The zero-order chi connectivity index (χ0) is 18.4. The maximum atomic E-state index is 14.1. The van der Waals surface area contributed by atoms with E-state index < -0.39 is 11.7 Å². The van der Waals surface area contributed by atoms with Crippen LogP contribution < -0.4 is 5.32 Å². The van der Waals surface area contributed by atoms with E-state index in [9.17, 15) is 19.1 Å². The van der Waals surface area contributed by atoms with Crippen LogP contribution in [0, 0.1) is 5.82 Å². The van der Waals surface area contributed by atoms with Crippen LogP contribution in [0.5, 0.6) is 5.75 Å². The van der Waals surface area contributed by atoms with Gasteiger partial charge in [-0.05, 0) is 49.8 Å². The van der Waals surface area contributed by atoms with Crippen molar-refractivity contribution in [1.82, 2.24) is 0 Å². The Bertz CT molecular complexity index is 869. The summed E-state index contributed by atoms with van der Waals surface area (Å²) in [7, 11) is 0. The van der Waals surface area contributed by atoms with E-state index in [0.29, 0.717) is 5.57 Å². The summed E-state index contributed by atoms with van der Waals surface area (Å²) in [4.78, 5) is 23.9. The van der Waals surface area contributed by atoms with Crippen molar-refractivity contribution in [2.75, 3.05) is 5.32 Å². The Morgan fingerprint density at radius 2 is 1.64 bits per heavy atom. The Kier molecular flexibility index (Phi) is 5.84. The molecule has 0 fully saturated rings. The summed E-state index contributed by atoms with van der Waals surface area (Å²) in [5, 5.41) is 12.4. The van der Waals surface area contributed by atoms with Gasteiger partial charge < -0.3 is 10.4 Å². The van der Waals surface area contributed by atoms with Gasteiger partial charge in [-0.2, -0.15) is 0 Å². The molecule has 0 aliphatic rings. The van der Waals surface area contributed by atoms with Crippen molar-refractivity contribution in [2.24, 2.45) is 0 Å². The van der Waals surface area contributed by atoms with Gasteiger partial charge in [-0.1, -0.05) is 30.3 Å². The maximum absolute atomic E-state index is 14.1. The number of nitrogens with one attached hydrogen (secondary N) is 1. The minimum Gasteiger partial charge on any atom is -0.506 e. The number of halogens is 1. The molecule has 0 unspecified atom stereocenters. The number of allylic oxidation sites excluding steroid dienone is 2. The smallest absolute Gasteiger partial charge is 0.256 e. The minimum absolute atomic E-state index is 0.0886. The van der Waals surface area contributed by atoms with Gasteiger partial charge >= 0.3 is 0 Å². The van der Waals surface area contributed by atoms with Gasteiger partial charge in [0.1, 0.15) is 11.6 Å². The molecule has 2 aromatic carbocycles. The lowest BCUT2D eigenvalue weighted by atomic mass is 9.99. The largest absolute Gasteiger partial charge is 0.506 e. The molecule has 128 valence electrons. The predicted molar refractivity (Wildman–Crippen MR) is 95.6 cm³/mol. The van der Waals surface area contributed by atoms with Crippen LogP contribution in [0.15, 0.2) is 66.3 Å². The molecule has 1 amide bonds. The van der Waals surface area contributed by atoms with E-state index in [0.717, 1.165) is 0 Å². The Hall–Kier alpha value is -3.21. The number of ketones is 1. The average molecular weight is 339 g/mol. The summed E-state index contributed by atoms with van der Waals surface area (Å²) in [6, 6.07) is 12.3. The topological polar surface area (TPSA) is 66.4 Å². The number of hydrogen-bond donors (Lipinski definition) is 2. The highest BCUT2D eigenvalue weighted by molar-refractivity contribution is 6.12. The van der Waals surface area contributed by atoms with Crippen LogP contribution in [0.2, 0.25) is 0 Å². The van der Waals surface area contributed by atoms with Gasteiger partial charge in [0, 0.05) is 11.1 Å². The number of phenolic OH excluding ortho intramolecular Hbond substituents is 1. The van der Waals surface area contributed by atoms with Crippen molar-refractivity contribution in [2.45, 2.75) is 13.8 Å². The molecule has 0 saturated heterocycles. The number of aromatic hydroxyl groups is 1. The molecule has 5 heteroatoms. The lowest BCUT2D eigenvalue weighted by Gasteiger charge is -2.12. The van der Waals surface area contributed by atoms with Gasteiger partial charge in [0.05, 0.1) is 5.69 Å². The molecular formula is C20H18FNO3. The van der Waals surface area contributed by atoms with Crippen LogP contribution in [-0.4, -0.2) is 16.8 Å². The highest BCUT2D eigenvalue weighted by atomic mass is 19.1. The molecule has 0 aliphatic heterocycles. The summed E-state index contributed by atoms with van der Waals surface area (Å²) < 4.78 is 14.1. The van der Waals surface area contributed by atoms with E-state index >= 15 is 0 Å². The summed E-state index contributed by atoms with van der Waals surface area (Å²) >= 11 is 0. The lowest BCUT2D eigenvalue weighted by molar-refractivity contribution is -0.113. The van der Waals surface area contributed by atoms with Crippen LogP contribution in [0.3, 0.4) is 0 Å². The summed E-state index contributed by atoms with van der Waals surface area (Å²) in [5.74, 6) is -1.35. The molecule has 0 saturated carbocycles. The normalized spacial score (nSPS) is 12.0. The van der Waals surface area contributed by atoms with Crippen LogP contribution in [0.25, 0.3) is 5.57 Å². The Labute approximate surface area is 145 Å². The van der Waals surface area contributed by atoms with Crippen molar-refractivity contribution < 1.29 is 19.1 Å². The number of hydrogen-bond acceptors (Lipinski definition) is 3. The molecule has 0 radical (unpaired) electrons. The van der Waals surface area contributed by atoms with Crippen LogP contribution in [-0.2, 0) is 9.59 Å². The van der Waals surface area contributed by atoms with Crippen molar-refractivity contribution in [1.29, 1.82) is 0 Å². The quantitative estimate of drug-likeness (QED) is 0.490. The maximum Gasteiger partial charge on any atom is 0.256 e. The third-order valence-corrected chi connectivity index (χ3v) is 3.56. The van der Waals surface area contributed by atoms with Crippen LogP contribution >= 0.6 is 0 Å². The van der Waals surface area contributed by atoms with Crippen LogP contribution in [0.1, 0.15) is 19.4 Å². The molecule has 0 aromatic heterocycles. The number of anilines is 1. The first-order valence-electron chi connectivity index (χ1n) is 7.64. The van der Waals surface area contributed by atoms with E-state index in [1.54, 1.807) is 37.3 Å². The standard InChI is InChI=1S/C20H18FNO3/c1-13(23)11-12-16(14(2)15-7-3-4-8-17(15)21)20(25)22-18-9-5-6-10-19(18)24/h3-12,24H,1-2H3,(H,22,25)/b12-11-,16-14-. The lowest BCUT2D eigenvalue weighted by Crippen LogP contribution is -2.15. The molecule has 0 spiro atoms. The first-order valence-corrected chi connectivity index (χ1v) is 7.64. The molecule has 25 heavy (non-hydrogen) atoms. The van der Waals surface area contributed by atoms with Gasteiger partial charge in [-0.15, -0.1) is 0 Å². The molecule has 0 heterocycles. The van der Waals surface area contributed by atoms with Crippen LogP contribution in [0.4, 0.5) is 10.1 Å². The molecule has 2 N–H and O–H groups in total.